The average molecular weight is 354 g/mol. The first-order valence-electron chi connectivity index (χ1n) is 8.13. The number of aromatic nitrogens is 5. The fourth-order valence-electron chi connectivity index (χ4n) is 3.10. The van der Waals surface area contributed by atoms with Crippen LogP contribution < -0.4 is 5.56 Å². The number of H-pyrrole nitrogens is 1. The van der Waals surface area contributed by atoms with E-state index >= 15 is 0 Å². The van der Waals surface area contributed by atoms with Gasteiger partial charge in [0.05, 0.1) is 27.5 Å². The van der Waals surface area contributed by atoms with Crippen LogP contribution in [0.15, 0.2) is 23.5 Å². The molecule has 4 heterocycles. The number of hydrogen-bond donors (Lipinski definition) is 1. The maximum atomic E-state index is 12.6. The van der Waals surface area contributed by atoms with Crippen LogP contribution in [0.1, 0.15) is 26.8 Å². The molecule has 8 heteroatoms. The lowest BCUT2D eigenvalue weighted by Gasteiger charge is -2.27. The van der Waals surface area contributed by atoms with E-state index in [2.05, 4.69) is 29.8 Å². The third-order valence-corrected chi connectivity index (χ3v) is 5.41. The fourth-order valence-corrected chi connectivity index (χ4v) is 4.08. The molecule has 0 fully saturated rings. The van der Waals surface area contributed by atoms with E-state index in [4.69, 9.17) is 0 Å². The van der Waals surface area contributed by atoms with Gasteiger partial charge >= 0.3 is 0 Å². The van der Waals surface area contributed by atoms with Crippen molar-refractivity contribution in [1.29, 1.82) is 0 Å². The number of thiazole rings is 1. The Hall–Kier alpha value is -2.45. The van der Waals surface area contributed by atoms with E-state index < -0.39 is 0 Å². The van der Waals surface area contributed by atoms with Crippen LogP contribution in [0.2, 0.25) is 0 Å². The Balaban J connectivity index is 1.59. The molecule has 0 amide bonds. The molecule has 0 radical (unpaired) electrons. The predicted octanol–water partition coefficient (Wildman–Crippen LogP) is 1.86. The smallest absolute Gasteiger partial charge is 0.255 e. The summed E-state index contributed by atoms with van der Waals surface area (Å²) in [5, 5.41) is 1.08. The highest BCUT2D eigenvalue weighted by molar-refractivity contribution is 7.11. The highest BCUT2D eigenvalue weighted by Gasteiger charge is 2.22. The molecule has 0 aromatic carbocycles. The zero-order valence-corrected chi connectivity index (χ0v) is 14.9. The molecule has 1 aliphatic rings. The van der Waals surface area contributed by atoms with Crippen LogP contribution in [0.5, 0.6) is 0 Å². The van der Waals surface area contributed by atoms with Crippen molar-refractivity contribution in [3.63, 3.8) is 0 Å². The minimum Gasteiger partial charge on any atom is -0.306 e. The first kappa shape index (κ1) is 16.0. The third kappa shape index (κ3) is 3.22. The number of fused-ring (bicyclic) bond motifs is 1. The average Bonchev–Trinajstić information content (AvgIpc) is 2.93. The maximum Gasteiger partial charge on any atom is 0.255 e. The Labute approximate surface area is 148 Å². The lowest BCUT2D eigenvalue weighted by Crippen LogP contribution is -2.35. The molecule has 25 heavy (non-hydrogen) atoms. The quantitative estimate of drug-likeness (QED) is 0.772. The summed E-state index contributed by atoms with van der Waals surface area (Å²) in [6.07, 6.45) is 5.53. The van der Waals surface area contributed by atoms with E-state index in [0.29, 0.717) is 12.4 Å². The standard InChI is InChI=1S/C17H18N6OS/c1-10-15(25-11(2)20-10)8-23-4-3-14-13(7-23)17(24)22-16(21-14)12-5-18-9-19-6-12/h5-6,9H,3-4,7-8H2,1-2H3,(H,21,22,24). The van der Waals surface area contributed by atoms with Crippen molar-refractivity contribution < 1.29 is 0 Å². The molecule has 1 N–H and O–H groups in total. The van der Waals surface area contributed by atoms with Gasteiger partial charge in [-0.3, -0.25) is 9.69 Å². The number of rotatable bonds is 3. The first-order chi connectivity index (χ1) is 12.1. The molecule has 0 saturated heterocycles. The molecule has 3 aromatic rings. The molecule has 0 atom stereocenters. The summed E-state index contributed by atoms with van der Waals surface area (Å²) in [5.74, 6) is 0.534. The minimum atomic E-state index is -0.0780. The van der Waals surface area contributed by atoms with Gasteiger partial charge in [0.15, 0.2) is 0 Å². The molecule has 7 nitrogen and oxygen atoms in total. The topological polar surface area (TPSA) is 87.7 Å². The van der Waals surface area contributed by atoms with Gasteiger partial charge in [0, 0.05) is 43.3 Å². The number of nitrogens with one attached hydrogen (secondary N) is 1. The van der Waals surface area contributed by atoms with E-state index in [1.807, 2.05) is 13.8 Å². The van der Waals surface area contributed by atoms with Gasteiger partial charge in [0.1, 0.15) is 12.2 Å². The van der Waals surface area contributed by atoms with Gasteiger partial charge in [-0.1, -0.05) is 0 Å². The Morgan fingerprint density at radius 1 is 1.24 bits per heavy atom. The second kappa shape index (κ2) is 6.45. The lowest BCUT2D eigenvalue weighted by atomic mass is 10.1. The van der Waals surface area contributed by atoms with Crippen molar-refractivity contribution in [2.24, 2.45) is 0 Å². The molecule has 1 aliphatic heterocycles. The molecule has 0 unspecified atom stereocenters. The summed E-state index contributed by atoms with van der Waals surface area (Å²) in [5.41, 5.74) is 3.35. The van der Waals surface area contributed by atoms with Gasteiger partial charge in [-0.05, 0) is 13.8 Å². The van der Waals surface area contributed by atoms with Crippen molar-refractivity contribution in [3.8, 4) is 11.4 Å². The van der Waals surface area contributed by atoms with Crippen LogP contribution >= 0.6 is 11.3 Å². The van der Waals surface area contributed by atoms with E-state index in [0.717, 1.165) is 47.0 Å². The van der Waals surface area contributed by atoms with E-state index in [1.165, 1.54) is 11.2 Å². The minimum absolute atomic E-state index is 0.0780. The summed E-state index contributed by atoms with van der Waals surface area (Å²) < 4.78 is 0. The third-order valence-electron chi connectivity index (χ3n) is 4.35. The van der Waals surface area contributed by atoms with Crippen LogP contribution in [-0.4, -0.2) is 36.4 Å². The van der Waals surface area contributed by atoms with Crippen molar-refractivity contribution >= 4 is 11.3 Å². The summed E-state index contributed by atoms with van der Waals surface area (Å²) >= 11 is 1.73. The van der Waals surface area contributed by atoms with Gasteiger partial charge in [0.25, 0.3) is 5.56 Å². The van der Waals surface area contributed by atoms with E-state index in [1.54, 1.807) is 23.7 Å². The molecule has 0 saturated carbocycles. The van der Waals surface area contributed by atoms with Gasteiger partial charge in [-0.25, -0.2) is 19.9 Å². The largest absolute Gasteiger partial charge is 0.306 e. The fraction of sp³-hybridized carbons (Fsp3) is 0.353. The predicted molar refractivity (Wildman–Crippen MR) is 95.3 cm³/mol. The maximum absolute atomic E-state index is 12.6. The molecule has 3 aromatic heterocycles. The first-order valence-corrected chi connectivity index (χ1v) is 8.94. The van der Waals surface area contributed by atoms with Crippen molar-refractivity contribution in [2.45, 2.75) is 33.4 Å². The number of hydrogen-bond acceptors (Lipinski definition) is 7. The summed E-state index contributed by atoms with van der Waals surface area (Å²) in [7, 11) is 0. The molecule has 4 rings (SSSR count). The van der Waals surface area contributed by atoms with E-state index in [9.17, 15) is 4.79 Å². The Morgan fingerprint density at radius 2 is 2.04 bits per heavy atom. The number of aromatic amines is 1. The second-order valence-electron chi connectivity index (χ2n) is 6.17. The van der Waals surface area contributed by atoms with Crippen molar-refractivity contribution in [3.05, 3.63) is 55.9 Å². The number of nitrogens with zero attached hydrogens (tertiary/aromatic N) is 5. The zero-order chi connectivity index (χ0) is 17.4. The molecule has 0 aliphatic carbocycles. The van der Waals surface area contributed by atoms with E-state index in [-0.39, 0.29) is 5.56 Å². The Kier molecular flexibility index (Phi) is 4.14. The van der Waals surface area contributed by atoms with Gasteiger partial charge < -0.3 is 4.98 Å². The zero-order valence-electron chi connectivity index (χ0n) is 14.1. The SMILES string of the molecule is Cc1nc(C)c(CN2CCc3nc(-c4cncnc4)[nH]c(=O)c3C2)s1. The highest BCUT2D eigenvalue weighted by Crippen LogP contribution is 2.23. The Bertz CT molecular complexity index is 965. The normalized spacial score (nSPS) is 14.5. The summed E-state index contributed by atoms with van der Waals surface area (Å²) in [6.45, 7) is 6.38. The molecule has 0 bridgehead atoms. The van der Waals surface area contributed by atoms with Gasteiger partial charge in [-0.15, -0.1) is 11.3 Å². The molecule has 128 valence electrons. The van der Waals surface area contributed by atoms with Crippen LogP contribution in [0.3, 0.4) is 0 Å². The molecular weight excluding hydrogens is 336 g/mol. The van der Waals surface area contributed by atoms with Crippen LogP contribution in [-0.2, 0) is 19.5 Å². The highest BCUT2D eigenvalue weighted by atomic mass is 32.1. The monoisotopic (exact) mass is 354 g/mol. The van der Waals surface area contributed by atoms with Crippen molar-refractivity contribution in [1.82, 2.24) is 29.8 Å². The van der Waals surface area contributed by atoms with Crippen molar-refractivity contribution in [2.75, 3.05) is 6.54 Å². The Morgan fingerprint density at radius 3 is 2.76 bits per heavy atom. The van der Waals surface area contributed by atoms with Gasteiger partial charge in [-0.2, -0.15) is 0 Å². The summed E-state index contributed by atoms with van der Waals surface area (Å²) in [6, 6.07) is 0. The molecular formula is C17H18N6OS. The lowest BCUT2D eigenvalue weighted by molar-refractivity contribution is 0.243. The number of aryl methyl sites for hydroxylation is 2. The molecule has 0 spiro atoms. The van der Waals surface area contributed by atoms with Crippen LogP contribution in [0.4, 0.5) is 0 Å². The summed E-state index contributed by atoms with van der Waals surface area (Å²) in [4.78, 5) is 36.1. The van der Waals surface area contributed by atoms with Gasteiger partial charge in [0.2, 0.25) is 0 Å². The van der Waals surface area contributed by atoms with Crippen LogP contribution in [0.25, 0.3) is 11.4 Å². The second-order valence-corrected chi connectivity index (χ2v) is 7.46. The van der Waals surface area contributed by atoms with Crippen LogP contribution in [0, 0.1) is 13.8 Å².